The van der Waals surface area contributed by atoms with Gasteiger partial charge in [0.15, 0.2) is 6.61 Å². The number of carbonyl (C=O) groups is 1. The van der Waals surface area contributed by atoms with Crippen molar-refractivity contribution in [2.24, 2.45) is 5.10 Å². The third-order valence-corrected chi connectivity index (χ3v) is 2.97. The van der Waals surface area contributed by atoms with Gasteiger partial charge in [-0.05, 0) is 48.4 Å². The number of nitrogens with one attached hydrogen (secondary N) is 1. The van der Waals surface area contributed by atoms with E-state index in [0.717, 1.165) is 16.9 Å². The zero-order chi connectivity index (χ0) is 15.8. The average Bonchev–Trinajstić information content (AvgIpc) is 2.55. The molecule has 0 aliphatic rings. The molecule has 0 aliphatic carbocycles. The summed E-state index contributed by atoms with van der Waals surface area (Å²) < 4.78 is 10.5. The maximum Gasteiger partial charge on any atom is 0.277 e. The topological polar surface area (TPSA) is 59.9 Å². The summed E-state index contributed by atoms with van der Waals surface area (Å²) in [7, 11) is 1.61. The highest BCUT2D eigenvalue weighted by Crippen LogP contribution is 2.15. The molecule has 1 N–H and O–H groups in total. The second-order valence-electron chi connectivity index (χ2n) is 4.62. The molecule has 0 fully saturated rings. The molecule has 0 aromatic heterocycles. The van der Waals surface area contributed by atoms with E-state index in [2.05, 4.69) is 10.5 Å². The van der Waals surface area contributed by atoms with Crippen molar-refractivity contribution in [2.45, 2.75) is 6.92 Å². The van der Waals surface area contributed by atoms with Crippen molar-refractivity contribution in [1.82, 2.24) is 5.43 Å². The zero-order valence-electron chi connectivity index (χ0n) is 12.6. The molecule has 0 unspecified atom stereocenters. The van der Waals surface area contributed by atoms with Crippen LogP contribution in [-0.2, 0) is 4.79 Å². The first-order valence-electron chi connectivity index (χ1n) is 6.83. The SMILES string of the molecule is COc1ccc(/C=N\NC(=O)COc2ccccc2C)cc1. The minimum Gasteiger partial charge on any atom is -0.497 e. The van der Waals surface area contributed by atoms with Crippen molar-refractivity contribution < 1.29 is 14.3 Å². The first kappa shape index (κ1) is 15.6. The van der Waals surface area contributed by atoms with Crippen LogP contribution in [0.4, 0.5) is 0 Å². The van der Waals surface area contributed by atoms with Crippen molar-refractivity contribution >= 4 is 12.1 Å². The van der Waals surface area contributed by atoms with Crippen LogP contribution in [0.5, 0.6) is 11.5 Å². The number of benzene rings is 2. The van der Waals surface area contributed by atoms with Crippen molar-refractivity contribution in [1.29, 1.82) is 0 Å². The van der Waals surface area contributed by atoms with E-state index in [0.29, 0.717) is 5.75 Å². The summed E-state index contributed by atoms with van der Waals surface area (Å²) in [4.78, 5) is 11.6. The number of hydrogen-bond donors (Lipinski definition) is 1. The summed E-state index contributed by atoms with van der Waals surface area (Å²) in [5.41, 5.74) is 4.27. The van der Waals surface area contributed by atoms with Crippen molar-refractivity contribution in [3.63, 3.8) is 0 Å². The number of carbonyl (C=O) groups excluding carboxylic acids is 1. The van der Waals surface area contributed by atoms with Gasteiger partial charge in [-0.3, -0.25) is 4.79 Å². The maximum atomic E-state index is 11.6. The highest BCUT2D eigenvalue weighted by molar-refractivity contribution is 5.83. The van der Waals surface area contributed by atoms with Gasteiger partial charge in [0.25, 0.3) is 5.91 Å². The lowest BCUT2D eigenvalue weighted by Crippen LogP contribution is -2.24. The minimum absolute atomic E-state index is 0.0786. The summed E-state index contributed by atoms with van der Waals surface area (Å²) in [5, 5.41) is 3.89. The molecule has 0 saturated carbocycles. The van der Waals surface area contributed by atoms with Gasteiger partial charge in [-0.2, -0.15) is 5.10 Å². The summed E-state index contributed by atoms with van der Waals surface area (Å²) in [6.45, 7) is 1.85. The predicted octanol–water partition coefficient (Wildman–Crippen LogP) is 2.53. The Bertz CT molecular complexity index is 651. The Balaban J connectivity index is 1.79. The normalized spacial score (nSPS) is 10.5. The van der Waals surface area contributed by atoms with E-state index >= 15 is 0 Å². The lowest BCUT2D eigenvalue weighted by molar-refractivity contribution is -0.123. The molecule has 0 saturated heterocycles. The zero-order valence-corrected chi connectivity index (χ0v) is 12.6. The minimum atomic E-state index is -0.312. The number of rotatable bonds is 6. The fourth-order valence-corrected chi connectivity index (χ4v) is 1.76. The van der Waals surface area contributed by atoms with E-state index < -0.39 is 0 Å². The number of amides is 1. The standard InChI is InChI=1S/C17H18N2O3/c1-13-5-3-4-6-16(13)22-12-17(20)19-18-11-14-7-9-15(21-2)10-8-14/h3-11H,12H2,1-2H3,(H,19,20)/b18-11-. The van der Waals surface area contributed by atoms with E-state index in [9.17, 15) is 4.79 Å². The number of para-hydroxylation sites is 1. The number of hydrogen-bond acceptors (Lipinski definition) is 4. The molecule has 114 valence electrons. The Morgan fingerprint density at radius 2 is 1.91 bits per heavy atom. The third-order valence-electron chi connectivity index (χ3n) is 2.97. The molecule has 0 atom stereocenters. The van der Waals surface area contributed by atoms with Gasteiger partial charge in [0.05, 0.1) is 13.3 Å². The number of nitrogens with zero attached hydrogens (tertiary/aromatic N) is 1. The maximum absolute atomic E-state index is 11.6. The molecule has 0 aliphatic heterocycles. The van der Waals surface area contributed by atoms with Crippen LogP contribution in [-0.4, -0.2) is 25.8 Å². The molecule has 0 heterocycles. The van der Waals surface area contributed by atoms with E-state index in [4.69, 9.17) is 9.47 Å². The average molecular weight is 298 g/mol. The Labute approximate surface area is 129 Å². The van der Waals surface area contributed by atoms with Crippen LogP contribution >= 0.6 is 0 Å². The van der Waals surface area contributed by atoms with Crippen LogP contribution in [0.1, 0.15) is 11.1 Å². The van der Waals surface area contributed by atoms with Crippen molar-refractivity contribution in [3.8, 4) is 11.5 Å². The molecule has 0 bridgehead atoms. The first-order chi connectivity index (χ1) is 10.7. The van der Waals surface area contributed by atoms with Crippen LogP contribution < -0.4 is 14.9 Å². The Morgan fingerprint density at radius 1 is 1.18 bits per heavy atom. The summed E-state index contributed by atoms with van der Waals surface area (Å²) in [5.74, 6) is 1.15. The summed E-state index contributed by atoms with van der Waals surface area (Å²) in [6.07, 6.45) is 1.56. The van der Waals surface area contributed by atoms with Crippen LogP contribution in [0.15, 0.2) is 53.6 Å². The summed E-state index contributed by atoms with van der Waals surface area (Å²) in [6, 6.07) is 14.9. The van der Waals surface area contributed by atoms with E-state index in [-0.39, 0.29) is 12.5 Å². The largest absolute Gasteiger partial charge is 0.497 e. The van der Waals surface area contributed by atoms with Crippen molar-refractivity contribution in [2.75, 3.05) is 13.7 Å². The number of methoxy groups -OCH3 is 1. The molecular formula is C17H18N2O3. The third kappa shape index (κ3) is 4.63. The van der Waals surface area contributed by atoms with Gasteiger partial charge in [-0.15, -0.1) is 0 Å². The lowest BCUT2D eigenvalue weighted by atomic mass is 10.2. The van der Waals surface area contributed by atoms with Crippen molar-refractivity contribution in [3.05, 3.63) is 59.7 Å². The van der Waals surface area contributed by atoms with Crippen LogP contribution in [0.2, 0.25) is 0 Å². The molecule has 2 rings (SSSR count). The molecule has 0 radical (unpaired) electrons. The van der Waals surface area contributed by atoms with Gasteiger partial charge in [0, 0.05) is 0 Å². The first-order valence-corrected chi connectivity index (χ1v) is 6.83. The van der Waals surface area contributed by atoms with Gasteiger partial charge >= 0.3 is 0 Å². The quantitative estimate of drug-likeness (QED) is 0.658. The lowest BCUT2D eigenvalue weighted by Gasteiger charge is -2.07. The monoisotopic (exact) mass is 298 g/mol. The van der Waals surface area contributed by atoms with Gasteiger partial charge in [-0.1, -0.05) is 18.2 Å². The Morgan fingerprint density at radius 3 is 2.59 bits per heavy atom. The van der Waals surface area contributed by atoms with Gasteiger partial charge in [-0.25, -0.2) is 5.43 Å². The van der Waals surface area contributed by atoms with Crippen LogP contribution in [0.25, 0.3) is 0 Å². The molecule has 22 heavy (non-hydrogen) atoms. The van der Waals surface area contributed by atoms with E-state index in [1.54, 1.807) is 13.3 Å². The fourth-order valence-electron chi connectivity index (χ4n) is 1.76. The van der Waals surface area contributed by atoms with Gasteiger partial charge in [0.2, 0.25) is 0 Å². The molecule has 5 heteroatoms. The molecule has 2 aromatic rings. The molecule has 2 aromatic carbocycles. The Hall–Kier alpha value is -2.82. The molecule has 0 spiro atoms. The Kier molecular flexibility index (Phi) is 5.54. The van der Waals surface area contributed by atoms with Crippen LogP contribution in [0.3, 0.4) is 0 Å². The highest BCUT2D eigenvalue weighted by atomic mass is 16.5. The van der Waals surface area contributed by atoms with Crippen LogP contribution in [0, 0.1) is 6.92 Å². The number of ether oxygens (including phenoxy) is 2. The second kappa shape index (κ2) is 7.83. The fraction of sp³-hybridized carbons (Fsp3) is 0.176. The van der Waals surface area contributed by atoms with Gasteiger partial charge < -0.3 is 9.47 Å². The van der Waals surface area contributed by atoms with Gasteiger partial charge in [0.1, 0.15) is 11.5 Å². The second-order valence-corrected chi connectivity index (χ2v) is 4.62. The molecule has 1 amide bonds. The highest BCUT2D eigenvalue weighted by Gasteiger charge is 2.03. The molecular weight excluding hydrogens is 280 g/mol. The smallest absolute Gasteiger partial charge is 0.277 e. The summed E-state index contributed by atoms with van der Waals surface area (Å²) >= 11 is 0. The van der Waals surface area contributed by atoms with E-state index in [1.165, 1.54) is 0 Å². The predicted molar refractivity (Wildman–Crippen MR) is 85.4 cm³/mol. The number of hydrazone groups is 1. The molecule has 5 nitrogen and oxygen atoms in total. The van der Waals surface area contributed by atoms with E-state index in [1.807, 2.05) is 55.5 Å². The number of aryl methyl sites for hydroxylation is 1.